The summed E-state index contributed by atoms with van der Waals surface area (Å²) < 4.78 is 31.3. The van der Waals surface area contributed by atoms with Gasteiger partial charge in [0.15, 0.2) is 4.77 Å². The SMILES string of the molecule is Cn1c([C@H](Cc2cccc(C#N)c2)NS(=O)(=O)c2cccc(Br)c2)n[nH]c1=S. The average Bonchev–Trinajstić information content (AvgIpc) is 3.00. The summed E-state index contributed by atoms with van der Waals surface area (Å²) in [5, 5.41) is 16.0. The van der Waals surface area contributed by atoms with E-state index in [1.807, 2.05) is 6.07 Å². The number of sulfonamides is 1. The van der Waals surface area contributed by atoms with E-state index < -0.39 is 16.1 Å². The van der Waals surface area contributed by atoms with E-state index in [9.17, 15) is 8.42 Å². The van der Waals surface area contributed by atoms with Gasteiger partial charge in [0.05, 0.1) is 22.6 Å². The number of hydrogen-bond donors (Lipinski definition) is 2. The highest BCUT2D eigenvalue weighted by molar-refractivity contribution is 9.10. The molecule has 0 aliphatic heterocycles. The Hall–Kier alpha value is -2.32. The molecule has 0 saturated heterocycles. The van der Waals surface area contributed by atoms with Crippen LogP contribution in [-0.4, -0.2) is 23.2 Å². The maximum atomic E-state index is 12.9. The molecule has 144 valence electrons. The predicted octanol–water partition coefficient (Wildman–Crippen LogP) is 3.37. The van der Waals surface area contributed by atoms with Crippen molar-refractivity contribution in [3.05, 3.63) is 74.7 Å². The Morgan fingerprint density at radius 3 is 2.71 bits per heavy atom. The van der Waals surface area contributed by atoms with Gasteiger partial charge in [-0.1, -0.05) is 34.1 Å². The average molecular weight is 478 g/mol. The maximum Gasteiger partial charge on any atom is 0.241 e. The minimum absolute atomic E-state index is 0.134. The third kappa shape index (κ3) is 4.56. The van der Waals surface area contributed by atoms with E-state index in [4.69, 9.17) is 17.5 Å². The van der Waals surface area contributed by atoms with Gasteiger partial charge in [0.2, 0.25) is 10.0 Å². The van der Waals surface area contributed by atoms with E-state index in [2.05, 4.69) is 36.9 Å². The number of aromatic nitrogens is 3. The van der Waals surface area contributed by atoms with Crippen LogP contribution in [0.3, 0.4) is 0 Å². The number of nitriles is 1. The van der Waals surface area contributed by atoms with Crippen molar-refractivity contribution in [3.63, 3.8) is 0 Å². The fourth-order valence-corrected chi connectivity index (χ4v) is 4.68. The number of hydrogen-bond acceptors (Lipinski definition) is 5. The molecule has 0 saturated carbocycles. The fourth-order valence-electron chi connectivity index (χ4n) is 2.75. The standard InChI is InChI=1S/C18H16BrN5O2S2/c1-24-17(21-22-18(24)27)16(9-12-4-2-5-13(8-12)11-20)23-28(25,26)15-7-3-6-14(19)10-15/h2-8,10,16,23H,9H2,1H3,(H,22,27)/t16-/m0/s1. The lowest BCUT2D eigenvalue weighted by atomic mass is 10.0. The van der Waals surface area contributed by atoms with E-state index in [1.54, 1.807) is 41.9 Å². The first kappa shape index (κ1) is 20.4. The molecule has 0 unspecified atom stereocenters. The summed E-state index contributed by atoms with van der Waals surface area (Å²) in [5.74, 6) is 0.450. The molecule has 2 N–H and O–H groups in total. The number of benzene rings is 2. The minimum Gasteiger partial charge on any atom is -0.306 e. The van der Waals surface area contributed by atoms with Crippen molar-refractivity contribution in [2.45, 2.75) is 17.4 Å². The van der Waals surface area contributed by atoms with Crippen molar-refractivity contribution in [2.24, 2.45) is 7.05 Å². The number of halogens is 1. The van der Waals surface area contributed by atoms with E-state index in [0.717, 1.165) is 5.56 Å². The second-order valence-corrected chi connectivity index (χ2v) is 9.11. The van der Waals surface area contributed by atoms with Gasteiger partial charge < -0.3 is 4.57 Å². The summed E-state index contributed by atoms with van der Waals surface area (Å²) in [6.07, 6.45) is 0.302. The molecule has 0 aliphatic rings. The van der Waals surface area contributed by atoms with Crippen LogP contribution in [0.2, 0.25) is 0 Å². The highest BCUT2D eigenvalue weighted by Gasteiger charge is 2.25. The van der Waals surface area contributed by atoms with Gasteiger partial charge in [0.1, 0.15) is 5.82 Å². The summed E-state index contributed by atoms with van der Waals surface area (Å²) in [6.45, 7) is 0. The van der Waals surface area contributed by atoms with E-state index in [0.29, 0.717) is 27.1 Å². The van der Waals surface area contributed by atoms with E-state index in [1.165, 1.54) is 12.1 Å². The largest absolute Gasteiger partial charge is 0.306 e. The number of H-pyrrole nitrogens is 1. The molecule has 0 aliphatic carbocycles. The van der Waals surface area contributed by atoms with Crippen LogP contribution in [-0.2, 0) is 23.5 Å². The van der Waals surface area contributed by atoms with Gasteiger partial charge in [-0.05, 0) is 54.5 Å². The van der Waals surface area contributed by atoms with Crippen molar-refractivity contribution in [1.29, 1.82) is 5.26 Å². The summed E-state index contributed by atoms with van der Waals surface area (Å²) in [6, 6.07) is 14.9. The fraction of sp³-hybridized carbons (Fsp3) is 0.167. The Morgan fingerprint density at radius 1 is 1.32 bits per heavy atom. The van der Waals surface area contributed by atoms with Gasteiger partial charge in [0.25, 0.3) is 0 Å². The molecule has 0 fully saturated rings. The van der Waals surface area contributed by atoms with Gasteiger partial charge in [-0.15, -0.1) is 0 Å². The first-order valence-electron chi connectivity index (χ1n) is 8.18. The molecule has 0 radical (unpaired) electrons. The van der Waals surface area contributed by atoms with Gasteiger partial charge >= 0.3 is 0 Å². The number of nitrogens with zero attached hydrogens (tertiary/aromatic N) is 3. The number of rotatable bonds is 6. The smallest absolute Gasteiger partial charge is 0.241 e. The van der Waals surface area contributed by atoms with Gasteiger partial charge in [0, 0.05) is 11.5 Å². The van der Waals surface area contributed by atoms with Crippen molar-refractivity contribution in [2.75, 3.05) is 0 Å². The van der Waals surface area contributed by atoms with E-state index >= 15 is 0 Å². The Bertz CT molecular complexity index is 1210. The second kappa shape index (κ2) is 8.36. The topological polar surface area (TPSA) is 104 Å². The highest BCUT2D eigenvalue weighted by Crippen LogP contribution is 2.22. The van der Waals surface area contributed by atoms with Crippen molar-refractivity contribution >= 4 is 38.2 Å². The molecule has 1 heterocycles. The van der Waals surface area contributed by atoms with Crippen molar-refractivity contribution in [3.8, 4) is 6.07 Å². The van der Waals surface area contributed by atoms with Gasteiger partial charge in [-0.3, -0.25) is 5.10 Å². The Kier molecular flexibility index (Phi) is 6.10. The monoisotopic (exact) mass is 477 g/mol. The Balaban J connectivity index is 2.00. The molecular formula is C18H16BrN5O2S2. The highest BCUT2D eigenvalue weighted by atomic mass is 79.9. The van der Waals surface area contributed by atoms with E-state index in [-0.39, 0.29) is 4.90 Å². The lowest BCUT2D eigenvalue weighted by Crippen LogP contribution is -2.32. The van der Waals surface area contributed by atoms with Crippen molar-refractivity contribution < 1.29 is 8.42 Å². The molecule has 0 bridgehead atoms. The molecular weight excluding hydrogens is 462 g/mol. The summed E-state index contributed by atoms with van der Waals surface area (Å²) in [7, 11) is -2.10. The minimum atomic E-state index is -3.82. The molecule has 7 nitrogen and oxygen atoms in total. The zero-order valence-electron chi connectivity index (χ0n) is 14.8. The van der Waals surface area contributed by atoms with Crippen LogP contribution in [0.5, 0.6) is 0 Å². The van der Waals surface area contributed by atoms with Crippen LogP contribution in [0.1, 0.15) is 23.0 Å². The van der Waals surface area contributed by atoms with Crippen molar-refractivity contribution in [1.82, 2.24) is 19.5 Å². The maximum absolute atomic E-state index is 12.9. The first-order chi connectivity index (χ1) is 13.3. The lowest BCUT2D eigenvalue weighted by molar-refractivity contribution is 0.533. The Labute approximate surface area is 176 Å². The van der Waals surface area contributed by atoms with Gasteiger partial charge in [-0.2, -0.15) is 10.4 Å². The predicted molar refractivity (Wildman–Crippen MR) is 110 cm³/mol. The van der Waals surface area contributed by atoms with Crippen LogP contribution >= 0.6 is 28.1 Å². The molecule has 0 spiro atoms. The van der Waals surface area contributed by atoms with Crippen LogP contribution in [0, 0.1) is 16.1 Å². The molecule has 1 aromatic heterocycles. The summed E-state index contributed by atoms with van der Waals surface area (Å²) in [4.78, 5) is 0.134. The molecule has 3 rings (SSSR count). The molecule has 28 heavy (non-hydrogen) atoms. The zero-order valence-corrected chi connectivity index (χ0v) is 18.0. The summed E-state index contributed by atoms with van der Waals surface area (Å²) >= 11 is 8.46. The van der Waals surface area contributed by atoms with Gasteiger partial charge in [-0.25, -0.2) is 13.1 Å². The summed E-state index contributed by atoms with van der Waals surface area (Å²) in [5.41, 5.74) is 1.30. The quantitative estimate of drug-likeness (QED) is 0.529. The Morgan fingerprint density at radius 2 is 2.07 bits per heavy atom. The number of aromatic amines is 1. The third-order valence-electron chi connectivity index (χ3n) is 4.13. The van der Waals surface area contributed by atoms with Crippen LogP contribution in [0.15, 0.2) is 57.9 Å². The number of nitrogens with one attached hydrogen (secondary N) is 2. The second-order valence-electron chi connectivity index (χ2n) is 6.09. The first-order valence-corrected chi connectivity index (χ1v) is 10.9. The normalized spacial score (nSPS) is 12.5. The lowest BCUT2D eigenvalue weighted by Gasteiger charge is -2.18. The molecule has 0 amide bonds. The third-order valence-corrected chi connectivity index (χ3v) is 6.45. The molecule has 3 aromatic rings. The molecule has 2 aromatic carbocycles. The molecule has 1 atom stereocenters. The molecule has 10 heteroatoms. The van der Waals surface area contributed by atoms with Crippen LogP contribution in [0.25, 0.3) is 0 Å². The van der Waals surface area contributed by atoms with Crippen LogP contribution < -0.4 is 4.72 Å². The zero-order chi connectivity index (χ0) is 20.3. The van der Waals surface area contributed by atoms with Crippen LogP contribution in [0.4, 0.5) is 0 Å².